The Kier molecular flexibility index (Phi) is 5.73. The number of ether oxygens (including phenoxy) is 1. The number of nitrogens with zero attached hydrogens (tertiary/aromatic N) is 1. The lowest BCUT2D eigenvalue weighted by molar-refractivity contribution is -0.114. The SMILES string of the molecule is NC(=O)C1=CN(C[C@@H]2CNCCO[C@H]2c2ccc(Cl)c(F)c2)CC=C1. The Morgan fingerprint density at radius 3 is 3.08 bits per heavy atom. The van der Waals surface area contributed by atoms with Crippen LogP contribution in [0.15, 0.2) is 42.1 Å². The molecule has 1 aromatic rings. The molecule has 1 aromatic carbocycles. The van der Waals surface area contributed by atoms with E-state index in [2.05, 4.69) is 5.32 Å². The summed E-state index contributed by atoms with van der Waals surface area (Å²) >= 11 is 5.79. The molecule has 0 aliphatic carbocycles. The van der Waals surface area contributed by atoms with Crippen molar-refractivity contribution in [1.82, 2.24) is 10.2 Å². The quantitative estimate of drug-likeness (QED) is 0.856. The van der Waals surface area contributed by atoms with E-state index >= 15 is 0 Å². The molecule has 0 spiro atoms. The minimum absolute atomic E-state index is 0.0833. The lowest BCUT2D eigenvalue weighted by atomic mass is 9.94. The predicted octanol–water partition coefficient (Wildman–Crippen LogP) is 2.00. The molecule has 2 aliphatic rings. The Balaban J connectivity index is 1.80. The third kappa shape index (κ3) is 4.39. The molecule has 0 aromatic heterocycles. The van der Waals surface area contributed by atoms with Gasteiger partial charge in [-0.1, -0.05) is 29.8 Å². The Morgan fingerprint density at radius 1 is 1.48 bits per heavy atom. The summed E-state index contributed by atoms with van der Waals surface area (Å²) in [5.41, 5.74) is 6.60. The zero-order valence-corrected chi connectivity index (χ0v) is 14.5. The second kappa shape index (κ2) is 7.99. The van der Waals surface area contributed by atoms with E-state index in [1.54, 1.807) is 24.4 Å². The lowest BCUT2D eigenvalue weighted by Gasteiger charge is -2.31. The van der Waals surface area contributed by atoms with E-state index in [0.29, 0.717) is 25.3 Å². The molecular formula is C18H21ClFN3O2. The highest BCUT2D eigenvalue weighted by Crippen LogP contribution is 2.30. The van der Waals surface area contributed by atoms with Crippen LogP contribution in [0.3, 0.4) is 0 Å². The number of carbonyl (C=O) groups is 1. The van der Waals surface area contributed by atoms with Gasteiger partial charge in [-0.2, -0.15) is 0 Å². The summed E-state index contributed by atoms with van der Waals surface area (Å²) in [4.78, 5) is 13.4. The zero-order valence-electron chi connectivity index (χ0n) is 13.8. The molecule has 0 unspecified atom stereocenters. The topological polar surface area (TPSA) is 67.6 Å². The summed E-state index contributed by atoms with van der Waals surface area (Å²) in [6.07, 6.45) is 5.15. The van der Waals surface area contributed by atoms with Gasteiger partial charge in [0.2, 0.25) is 5.91 Å². The first-order valence-corrected chi connectivity index (χ1v) is 8.62. The van der Waals surface area contributed by atoms with E-state index in [9.17, 15) is 9.18 Å². The van der Waals surface area contributed by atoms with Crippen molar-refractivity contribution in [2.75, 3.05) is 32.8 Å². The summed E-state index contributed by atoms with van der Waals surface area (Å²) < 4.78 is 19.9. The molecular weight excluding hydrogens is 345 g/mol. The van der Waals surface area contributed by atoms with Crippen LogP contribution in [0.4, 0.5) is 4.39 Å². The molecule has 1 saturated heterocycles. The number of hydrogen-bond donors (Lipinski definition) is 2. The first-order chi connectivity index (χ1) is 12.0. The van der Waals surface area contributed by atoms with Crippen LogP contribution in [-0.4, -0.2) is 43.6 Å². The van der Waals surface area contributed by atoms with E-state index in [0.717, 1.165) is 18.7 Å². The van der Waals surface area contributed by atoms with E-state index < -0.39 is 11.7 Å². The number of nitrogens with two attached hydrogens (primary N) is 1. The second-order valence-electron chi connectivity index (χ2n) is 6.23. The summed E-state index contributed by atoms with van der Waals surface area (Å²) in [5.74, 6) is -0.817. The minimum Gasteiger partial charge on any atom is -0.373 e. The fourth-order valence-electron chi connectivity index (χ4n) is 3.19. The summed E-state index contributed by atoms with van der Waals surface area (Å²) in [6, 6.07) is 4.79. The highest BCUT2D eigenvalue weighted by molar-refractivity contribution is 6.30. The van der Waals surface area contributed by atoms with Gasteiger partial charge in [0, 0.05) is 38.3 Å². The molecule has 2 aliphatic heterocycles. The van der Waals surface area contributed by atoms with Crippen LogP contribution in [0.5, 0.6) is 0 Å². The number of hydrogen-bond acceptors (Lipinski definition) is 4. The van der Waals surface area contributed by atoms with Gasteiger partial charge in [-0.25, -0.2) is 4.39 Å². The number of halogens is 2. The van der Waals surface area contributed by atoms with E-state index in [1.807, 2.05) is 11.0 Å². The van der Waals surface area contributed by atoms with Crippen LogP contribution in [-0.2, 0) is 9.53 Å². The number of nitrogens with one attached hydrogen (secondary N) is 1. The van der Waals surface area contributed by atoms with E-state index in [-0.39, 0.29) is 17.0 Å². The maximum atomic E-state index is 13.9. The zero-order chi connectivity index (χ0) is 17.8. The van der Waals surface area contributed by atoms with Gasteiger partial charge in [0.15, 0.2) is 0 Å². The molecule has 1 fully saturated rings. The van der Waals surface area contributed by atoms with Crippen molar-refractivity contribution < 1.29 is 13.9 Å². The molecule has 3 rings (SSSR count). The van der Waals surface area contributed by atoms with Gasteiger partial charge in [0.05, 0.1) is 23.3 Å². The van der Waals surface area contributed by atoms with Crippen LogP contribution < -0.4 is 11.1 Å². The minimum atomic E-state index is -0.451. The highest BCUT2D eigenvalue weighted by Gasteiger charge is 2.28. The van der Waals surface area contributed by atoms with E-state index in [1.165, 1.54) is 6.07 Å². The van der Waals surface area contributed by atoms with Crippen LogP contribution in [0.1, 0.15) is 11.7 Å². The van der Waals surface area contributed by atoms with Gasteiger partial charge in [0.25, 0.3) is 0 Å². The van der Waals surface area contributed by atoms with Crippen molar-refractivity contribution in [3.05, 3.63) is 58.5 Å². The lowest BCUT2D eigenvalue weighted by Crippen LogP contribution is -2.36. The van der Waals surface area contributed by atoms with Crippen molar-refractivity contribution in [1.29, 1.82) is 0 Å². The third-order valence-corrected chi connectivity index (χ3v) is 4.70. The largest absolute Gasteiger partial charge is 0.373 e. The summed E-state index contributed by atoms with van der Waals surface area (Å²) in [7, 11) is 0. The van der Waals surface area contributed by atoms with Crippen LogP contribution >= 0.6 is 11.6 Å². The molecule has 0 radical (unpaired) electrons. The average molecular weight is 366 g/mol. The van der Waals surface area contributed by atoms with Crippen LogP contribution in [0.25, 0.3) is 0 Å². The van der Waals surface area contributed by atoms with Gasteiger partial charge in [-0.3, -0.25) is 4.79 Å². The van der Waals surface area contributed by atoms with Gasteiger partial charge in [0.1, 0.15) is 5.82 Å². The maximum absolute atomic E-state index is 13.9. The van der Waals surface area contributed by atoms with Gasteiger partial charge < -0.3 is 20.7 Å². The molecule has 2 atom stereocenters. The second-order valence-corrected chi connectivity index (χ2v) is 6.64. The number of amides is 1. The van der Waals surface area contributed by atoms with Gasteiger partial charge in [-0.15, -0.1) is 0 Å². The number of benzene rings is 1. The summed E-state index contributed by atoms with van der Waals surface area (Å²) in [5, 5.41) is 3.44. The Labute approximate surface area is 151 Å². The number of carbonyl (C=O) groups excluding carboxylic acids is 1. The Morgan fingerprint density at radius 2 is 2.32 bits per heavy atom. The van der Waals surface area contributed by atoms with Crippen LogP contribution in [0, 0.1) is 11.7 Å². The first-order valence-electron chi connectivity index (χ1n) is 8.24. The summed E-state index contributed by atoms with van der Waals surface area (Å²) in [6.45, 7) is 3.37. The Hall–Kier alpha value is -1.89. The van der Waals surface area contributed by atoms with Crippen molar-refractivity contribution in [2.45, 2.75) is 6.10 Å². The fourth-order valence-corrected chi connectivity index (χ4v) is 3.31. The number of primary amides is 1. The molecule has 1 amide bonds. The molecule has 7 heteroatoms. The molecule has 0 saturated carbocycles. The average Bonchev–Trinajstić information content (AvgIpc) is 2.83. The molecule has 5 nitrogen and oxygen atoms in total. The first kappa shape index (κ1) is 17.9. The Bertz CT molecular complexity index is 708. The third-order valence-electron chi connectivity index (χ3n) is 4.40. The normalized spacial score (nSPS) is 23.9. The predicted molar refractivity (Wildman–Crippen MR) is 94.5 cm³/mol. The van der Waals surface area contributed by atoms with Crippen LogP contribution in [0.2, 0.25) is 5.02 Å². The smallest absolute Gasteiger partial charge is 0.250 e. The van der Waals surface area contributed by atoms with Gasteiger partial charge >= 0.3 is 0 Å². The van der Waals surface area contributed by atoms with E-state index in [4.69, 9.17) is 22.1 Å². The highest BCUT2D eigenvalue weighted by atomic mass is 35.5. The standard InChI is InChI=1S/C18H21ClFN3O2/c19-15-4-3-12(8-16(15)20)17-14(9-22-5-7-25-17)11-23-6-1-2-13(10-23)18(21)24/h1-4,8,10,14,17,22H,5-7,9,11H2,(H2,21,24)/t14-,17-/m0/s1. The van der Waals surface area contributed by atoms with Gasteiger partial charge in [-0.05, 0) is 17.7 Å². The molecule has 25 heavy (non-hydrogen) atoms. The molecule has 2 heterocycles. The fraction of sp³-hybridized carbons (Fsp3) is 0.389. The molecule has 3 N–H and O–H groups in total. The van der Waals surface area contributed by atoms with Crippen molar-refractivity contribution in [2.24, 2.45) is 11.7 Å². The van der Waals surface area contributed by atoms with Crippen molar-refractivity contribution >= 4 is 17.5 Å². The molecule has 0 bridgehead atoms. The molecule has 134 valence electrons. The van der Waals surface area contributed by atoms with Crippen molar-refractivity contribution in [3.63, 3.8) is 0 Å². The number of rotatable bonds is 4. The van der Waals surface area contributed by atoms with Crippen molar-refractivity contribution in [3.8, 4) is 0 Å². The monoisotopic (exact) mass is 365 g/mol. The maximum Gasteiger partial charge on any atom is 0.250 e.